The molecule has 1 heterocycles. The molecule has 1 aromatic heterocycles. The first kappa shape index (κ1) is 38.3. The molecule has 4 bridgehead atoms. The van der Waals surface area contributed by atoms with E-state index in [1.807, 2.05) is 11.3 Å². The third-order valence-electron chi connectivity index (χ3n) is 16.3. The number of thiophene rings is 1. The van der Waals surface area contributed by atoms with Crippen LogP contribution in [0.2, 0.25) is 0 Å². The van der Waals surface area contributed by atoms with E-state index >= 15 is 0 Å². The quantitative estimate of drug-likeness (QED) is 0.154. The second-order valence-corrected chi connectivity index (χ2v) is 20.7. The standard InChI is InChI=1S/C64H49NS/c1-2-14-44(15-3-1)50-16-4-5-17-51(50)52-18-6-7-19-53(52)55-21-9-12-24-61(55)65(48-29-26-43(27-30-48)45-28-32-57-56-22-10-13-25-62(56)66-63(57)39-45)49-31-33-60-58(40-49)54-20-8-11-23-59(54)64(60)46-35-41-34-42(37-46)38-47(64)36-41/h1-33,39-42,46-47H,34-38H2. The Bertz CT molecular complexity index is 3480. The molecule has 0 radical (unpaired) electrons. The number of anilines is 3. The van der Waals surface area contributed by atoms with Gasteiger partial charge in [0.1, 0.15) is 0 Å². The lowest BCUT2D eigenvalue weighted by molar-refractivity contribution is -0.0399. The van der Waals surface area contributed by atoms with Gasteiger partial charge in [0.15, 0.2) is 0 Å². The normalized spacial score (nSPS) is 21.1. The van der Waals surface area contributed by atoms with Gasteiger partial charge < -0.3 is 4.90 Å². The van der Waals surface area contributed by atoms with Gasteiger partial charge in [0, 0.05) is 42.5 Å². The Labute approximate surface area is 391 Å². The van der Waals surface area contributed by atoms with Gasteiger partial charge in [0.2, 0.25) is 0 Å². The molecule has 0 N–H and O–H groups in total. The molecule has 15 rings (SSSR count). The van der Waals surface area contributed by atoms with E-state index in [-0.39, 0.29) is 5.41 Å². The molecule has 4 fully saturated rings. The van der Waals surface area contributed by atoms with Gasteiger partial charge in [-0.1, -0.05) is 170 Å². The summed E-state index contributed by atoms with van der Waals surface area (Å²) in [5, 5.41) is 2.67. The van der Waals surface area contributed by atoms with Gasteiger partial charge in [-0.15, -0.1) is 11.3 Å². The fraction of sp³-hybridized carbons (Fsp3) is 0.156. The molecule has 0 atom stereocenters. The van der Waals surface area contributed by atoms with E-state index in [2.05, 4.69) is 217 Å². The molecule has 1 nitrogen and oxygen atoms in total. The van der Waals surface area contributed by atoms with Crippen LogP contribution in [0, 0.1) is 23.7 Å². The van der Waals surface area contributed by atoms with E-state index in [1.54, 1.807) is 11.1 Å². The summed E-state index contributed by atoms with van der Waals surface area (Å²) in [7, 11) is 0. The van der Waals surface area contributed by atoms with Crippen molar-refractivity contribution in [2.24, 2.45) is 23.7 Å². The number of para-hydroxylation sites is 1. The predicted octanol–water partition coefficient (Wildman–Crippen LogP) is 17.9. The number of hydrogen-bond donors (Lipinski definition) is 0. The van der Waals surface area contributed by atoms with Crippen LogP contribution in [0.15, 0.2) is 212 Å². The van der Waals surface area contributed by atoms with Gasteiger partial charge in [-0.25, -0.2) is 0 Å². The average Bonchev–Trinajstić information content (AvgIpc) is 3.89. The van der Waals surface area contributed by atoms with Crippen LogP contribution in [0.4, 0.5) is 17.1 Å². The molecule has 4 saturated carbocycles. The average molecular weight is 864 g/mol. The zero-order valence-corrected chi connectivity index (χ0v) is 37.7. The Morgan fingerprint density at radius 3 is 1.65 bits per heavy atom. The van der Waals surface area contributed by atoms with Crippen molar-refractivity contribution in [2.75, 3.05) is 4.90 Å². The highest BCUT2D eigenvalue weighted by molar-refractivity contribution is 7.25. The maximum Gasteiger partial charge on any atom is 0.0540 e. The van der Waals surface area contributed by atoms with Gasteiger partial charge in [-0.2, -0.15) is 0 Å². The molecule has 0 saturated heterocycles. The second kappa shape index (κ2) is 15.0. The van der Waals surface area contributed by atoms with E-state index in [9.17, 15) is 0 Å². The highest BCUT2D eigenvalue weighted by atomic mass is 32.1. The largest absolute Gasteiger partial charge is 0.310 e. The topological polar surface area (TPSA) is 3.24 Å². The molecule has 0 amide bonds. The number of rotatable bonds is 7. The molecule has 5 aliphatic rings. The molecular formula is C64H49NS. The lowest BCUT2D eigenvalue weighted by Gasteiger charge is -2.61. The van der Waals surface area contributed by atoms with E-state index < -0.39 is 0 Å². The molecule has 0 unspecified atom stereocenters. The van der Waals surface area contributed by atoms with Gasteiger partial charge in [0.05, 0.1) is 5.69 Å². The summed E-state index contributed by atoms with van der Waals surface area (Å²) in [5.41, 5.74) is 19.5. The van der Waals surface area contributed by atoms with Crippen molar-refractivity contribution in [1.29, 1.82) is 0 Å². The molecule has 1 spiro atoms. The first-order valence-electron chi connectivity index (χ1n) is 24.1. The number of hydrogen-bond acceptors (Lipinski definition) is 2. The van der Waals surface area contributed by atoms with Crippen LogP contribution >= 0.6 is 11.3 Å². The van der Waals surface area contributed by atoms with Gasteiger partial charge in [-0.3, -0.25) is 0 Å². The zero-order valence-electron chi connectivity index (χ0n) is 36.9. The Morgan fingerprint density at radius 2 is 0.894 bits per heavy atom. The Balaban J connectivity index is 0.944. The second-order valence-electron chi connectivity index (χ2n) is 19.6. The van der Waals surface area contributed by atoms with E-state index in [0.717, 1.165) is 35.0 Å². The lowest BCUT2D eigenvalue weighted by Crippen LogP contribution is -2.55. The van der Waals surface area contributed by atoms with Gasteiger partial charge >= 0.3 is 0 Å². The minimum Gasteiger partial charge on any atom is -0.310 e. The maximum atomic E-state index is 2.57. The minimum absolute atomic E-state index is 0.128. The molecule has 10 aromatic rings. The summed E-state index contributed by atoms with van der Waals surface area (Å²) in [6, 6.07) is 80.0. The summed E-state index contributed by atoms with van der Waals surface area (Å²) < 4.78 is 2.67. The highest BCUT2D eigenvalue weighted by Crippen LogP contribution is 2.69. The molecular weight excluding hydrogens is 815 g/mol. The van der Waals surface area contributed by atoms with Crippen LogP contribution in [0.25, 0.3) is 75.8 Å². The fourth-order valence-corrected chi connectivity index (χ4v) is 15.0. The van der Waals surface area contributed by atoms with Crippen molar-refractivity contribution in [1.82, 2.24) is 0 Å². The van der Waals surface area contributed by atoms with Gasteiger partial charge in [0.25, 0.3) is 0 Å². The summed E-state index contributed by atoms with van der Waals surface area (Å²) in [4.78, 5) is 2.54. The first-order chi connectivity index (χ1) is 32.7. The van der Waals surface area contributed by atoms with Crippen LogP contribution in [0.3, 0.4) is 0 Å². The SMILES string of the molecule is c1ccc(-c2ccccc2-c2ccccc2-c2ccccc2N(c2ccc(-c3ccc4c(c3)sc3ccccc34)cc2)c2ccc3c(c2)-c2ccccc2C32C3CC4CC(C3)CC2C4)cc1. The van der Waals surface area contributed by atoms with Gasteiger partial charge in [-0.05, 0) is 159 Å². The third kappa shape index (κ3) is 5.77. The Hall–Kier alpha value is -7.00. The maximum absolute atomic E-state index is 2.57. The zero-order chi connectivity index (χ0) is 43.3. The number of nitrogens with zero attached hydrogens (tertiary/aromatic N) is 1. The molecule has 316 valence electrons. The first-order valence-corrected chi connectivity index (χ1v) is 24.9. The van der Waals surface area contributed by atoms with Crippen molar-refractivity contribution in [2.45, 2.75) is 37.5 Å². The smallest absolute Gasteiger partial charge is 0.0540 e. The summed E-state index contributed by atoms with van der Waals surface area (Å²) in [6.45, 7) is 0. The van der Waals surface area contributed by atoms with E-state index in [0.29, 0.717) is 0 Å². The van der Waals surface area contributed by atoms with Crippen molar-refractivity contribution in [3.8, 4) is 55.6 Å². The number of fused-ring (bicyclic) bond motifs is 6. The van der Waals surface area contributed by atoms with Crippen LogP contribution < -0.4 is 4.90 Å². The summed E-state index contributed by atoms with van der Waals surface area (Å²) >= 11 is 1.88. The fourth-order valence-electron chi connectivity index (χ4n) is 13.9. The number of benzene rings is 9. The molecule has 0 aliphatic heterocycles. The molecule has 9 aromatic carbocycles. The monoisotopic (exact) mass is 863 g/mol. The third-order valence-corrected chi connectivity index (χ3v) is 17.4. The Morgan fingerprint density at radius 1 is 0.348 bits per heavy atom. The van der Waals surface area contributed by atoms with E-state index in [4.69, 9.17) is 0 Å². The highest BCUT2D eigenvalue weighted by Gasteiger charge is 2.61. The van der Waals surface area contributed by atoms with Crippen LogP contribution in [-0.4, -0.2) is 0 Å². The molecule has 2 heteroatoms. The van der Waals surface area contributed by atoms with Crippen molar-refractivity contribution in [3.63, 3.8) is 0 Å². The predicted molar refractivity (Wildman–Crippen MR) is 279 cm³/mol. The summed E-state index contributed by atoms with van der Waals surface area (Å²) in [6.07, 6.45) is 7.01. The van der Waals surface area contributed by atoms with Crippen molar-refractivity contribution >= 4 is 48.6 Å². The summed E-state index contributed by atoms with van der Waals surface area (Å²) in [5.74, 6) is 3.29. The van der Waals surface area contributed by atoms with Crippen molar-refractivity contribution < 1.29 is 0 Å². The molecule has 5 aliphatic carbocycles. The Kier molecular flexibility index (Phi) is 8.71. The van der Waals surface area contributed by atoms with Crippen LogP contribution in [0.5, 0.6) is 0 Å². The minimum atomic E-state index is 0.128. The molecule has 66 heavy (non-hydrogen) atoms. The van der Waals surface area contributed by atoms with Crippen molar-refractivity contribution in [3.05, 3.63) is 223 Å². The lowest BCUT2D eigenvalue weighted by atomic mass is 9.43. The van der Waals surface area contributed by atoms with Crippen LogP contribution in [0.1, 0.15) is 43.2 Å². The van der Waals surface area contributed by atoms with E-state index in [1.165, 1.54) is 114 Å². The van der Waals surface area contributed by atoms with Crippen LogP contribution in [-0.2, 0) is 5.41 Å².